The lowest BCUT2D eigenvalue weighted by atomic mass is 10.1. The van der Waals surface area contributed by atoms with Crippen molar-refractivity contribution in [3.63, 3.8) is 0 Å². The molecule has 0 saturated heterocycles. The van der Waals surface area contributed by atoms with Gasteiger partial charge in [-0.1, -0.05) is 16.4 Å². The standard InChI is InChI=1S/C14H14N4O3S/c1-8-10(9(2)20-17-8)6-13(19)15-7-12-16-14(21-18-12)11-4-3-5-22-11/h3-5H,6-7H2,1-2H3,(H,15,19). The number of aryl methyl sites for hydroxylation is 2. The molecule has 3 aromatic heterocycles. The van der Waals surface area contributed by atoms with E-state index >= 15 is 0 Å². The van der Waals surface area contributed by atoms with Gasteiger partial charge < -0.3 is 14.4 Å². The van der Waals surface area contributed by atoms with Crippen molar-refractivity contribution in [2.45, 2.75) is 26.8 Å². The first-order chi connectivity index (χ1) is 10.6. The van der Waals surface area contributed by atoms with E-state index in [0.717, 1.165) is 16.1 Å². The molecule has 22 heavy (non-hydrogen) atoms. The van der Waals surface area contributed by atoms with E-state index in [1.165, 1.54) is 11.3 Å². The van der Waals surface area contributed by atoms with Crippen LogP contribution in [-0.2, 0) is 17.8 Å². The quantitative estimate of drug-likeness (QED) is 0.775. The average Bonchev–Trinajstić information content (AvgIpc) is 3.22. The largest absolute Gasteiger partial charge is 0.361 e. The van der Waals surface area contributed by atoms with Crippen LogP contribution >= 0.6 is 11.3 Å². The van der Waals surface area contributed by atoms with Gasteiger partial charge >= 0.3 is 0 Å². The van der Waals surface area contributed by atoms with Crippen LogP contribution in [0.25, 0.3) is 10.8 Å². The summed E-state index contributed by atoms with van der Waals surface area (Å²) < 4.78 is 10.2. The molecule has 1 amide bonds. The lowest BCUT2D eigenvalue weighted by molar-refractivity contribution is -0.120. The summed E-state index contributed by atoms with van der Waals surface area (Å²) in [4.78, 5) is 17.1. The van der Waals surface area contributed by atoms with Crippen LogP contribution in [0.2, 0.25) is 0 Å². The summed E-state index contributed by atoms with van der Waals surface area (Å²) in [7, 11) is 0. The number of aromatic nitrogens is 3. The van der Waals surface area contributed by atoms with Crippen molar-refractivity contribution in [1.29, 1.82) is 0 Å². The van der Waals surface area contributed by atoms with Crippen molar-refractivity contribution in [3.05, 3.63) is 40.4 Å². The van der Waals surface area contributed by atoms with E-state index in [-0.39, 0.29) is 18.9 Å². The van der Waals surface area contributed by atoms with Gasteiger partial charge in [-0.2, -0.15) is 4.98 Å². The summed E-state index contributed by atoms with van der Waals surface area (Å²) in [6, 6.07) is 3.81. The van der Waals surface area contributed by atoms with Crippen molar-refractivity contribution in [1.82, 2.24) is 20.6 Å². The average molecular weight is 318 g/mol. The summed E-state index contributed by atoms with van der Waals surface area (Å²) in [5, 5.41) is 12.4. The van der Waals surface area contributed by atoms with E-state index < -0.39 is 0 Å². The lowest BCUT2D eigenvalue weighted by Gasteiger charge is -2.01. The van der Waals surface area contributed by atoms with Crippen LogP contribution in [0.4, 0.5) is 0 Å². The molecule has 3 rings (SSSR count). The molecule has 3 heterocycles. The Hall–Kier alpha value is -2.48. The molecule has 8 heteroatoms. The van der Waals surface area contributed by atoms with Crippen molar-refractivity contribution >= 4 is 17.2 Å². The van der Waals surface area contributed by atoms with Gasteiger partial charge in [0, 0.05) is 5.56 Å². The van der Waals surface area contributed by atoms with E-state index in [9.17, 15) is 4.79 Å². The zero-order chi connectivity index (χ0) is 15.5. The SMILES string of the molecule is Cc1noc(C)c1CC(=O)NCc1noc(-c2cccs2)n1. The monoisotopic (exact) mass is 318 g/mol. The topological polar surface area (TPSA) is 94.1 Å². The number of nitrogens with zero attached hydrogens (tertiary/aromatic N) is 3. The van der Waals surface area contributed by atoms with E-state index in [1.54, 1.807) is 6.92 Å². The molecule has 0 fully saturated rings. The second-order valence-corrected chi connectivity index (χ2v) is 5.70. The second kappa shape index (κ2) is 6.10. The van der Waals surface area contributed by atoms with Crippen LogP contribution in [0.1, 0.15) is 22.8 Å². The van der Waals surface area contributed by atoms with Gasteiger partial charge in [-0.25, -0.2) is 0 Å². The van der Waals surface area contributed by atoms with E-state index in [2.05, 4.69) is 20.6 Å². The maximum Gasteiger partial charge on any atom is 0.268 e. The van der Waals surface area contributed by atoms with E-state index in [0.29, 0.717) is 17.5 Å². The summed E-state index contributed by atoms with van der Waals surface area (Å²) >= 11 is 1.52. The molecule has 0 spiro atoms. The van der Waals surface area contributed by atoms with Crippen LogP contribution < -0.4 is 5.32 Å². The molecule has 3 aromatic rings. The highest BCUT2D eigenvalue weighted by Crippen LogP contribution is 2.22. The molecule has 0 aromatic carbocycles. The minimum atomic E-state index is -0.142. The summed E-state index contributed by atoms with van der Waals surface area (Å²) in [6.07, 6.45) is 0.219. The number of hydrogen-bond acceptors (Lipinski definition) is 7. The van der Waals surface area contributed by atoms with Crippen molar-refractivity contribution < 1.29 is 13.8 Å². The highest BCUT2D eigenvalue weighted by molar-refractivity contribution is 7.13. The predicted octanol–water partition coefficient (Wildman–Crippen LogP) is 2.26. The third kappa shape index (κ3) is 3.06. The van der Waals surface area contributed by atoms with Crippen molar-refractivity contribution in [2.24, 2.45) is 0 Å². The fraction of sp³-hybridized carbons (Fsp3) is 0.286. The number of hydrogen-bond donors (Lipinski definition) is 1. The first-order valence-electron chi connectivity index (χ1n) is 6.68. The molecular weight excluding hydrogens is 304 g/mol. The van der Waals surface area contributed by atoms with E-state index in [1.807, 2.05) is 24.4 Å². The number of amides is 1. The first kappa shape index (κ1) is 14.5. The minimum Gasteiger partial charge on any atom is -0.361 e. The molecule has 114 valence electrons. The third-order valence-corrected chi connectivity index (χ3v) is 4.02. The first-order valence-corrected chi connectivity index (χ1v) is 7.56. The Bertz CT molecular complexity index is 756. The molecule has 0 aliphatic heterocycles. The number of rotatable bonds is 5. The zero-order valence-corrected chi connectivity index (χ0v) is 12.9. The van der Waals surface area contributed by atoms with Gasteiger partial charge in [0.25, 0.3) is 5.89 Å². The van der Waals surface area contributed by atoms with Crippen LogP contribution in [0.3, 0.4) is 0 Å². The summed E-state index contributed by atoms with van der Waals surface area (Å²) in [5.74, 6) is 1.42. The second-order valence-electron chi connectivity index (χ2n) is 4.75. The Labute approximate surface area is 130 Å². The van der Waals surface area contributed by atoms with Gasteiger partial charge in [0.2, 0.25) is 5.91 Å². The zero-order valence-electron chi connectivity index (χ0n) is 12.1. The van der Waals surface area contributed by atoms with Crippen LogP contribution in [0.15, 0.2) is 26.6 Å². The fourth-order valence-corrected chi connectivity index (χ4v) is 2.63. The van der Waals surface area contributed by atoms with Crippen molar-refractivity contribution in [2.75, 3.05) is 0 Å². The molecule has 1 N–H and O–H groups in total. The molecule has 0 aliphatic carbocycles. The van der Waals surface area contributed by atoms with Gasteiger partial charge in [-0.15, -0.1) is 11.3 Å². The molecule has 0 bridgehead atoms. The van der Waals surface area contributed by atoms with Gasteiger partial charge in [0.05, 0.1) is 23.5 Å². The number of thiophene rings is 1. The number of carbonyl (C=O) groups is 1. The Kier molecular flexibility index (Phi) is 4.01. The molecule has 7 nitrogen and oxygen atoms in total. The van der Waals surface area contributed by atoms with Gasteiger partial charge in [-0.05, 0) is 25.3 Å². The molecule has 0 aliphatic rings. The number of nitrogens with one attached hydrogen (secondary N) is 1. The summed E-state index contributed by atoms with van der Waals surface area (Å²) in [5.41, 5.74) is 1.54. The normalized spacial score (nSPS) is 10.8. The Morgan fingerprint density at radius 3 is 2.86 bits per heavy atom. The summed E-state index contributed by atoms with van der Waals surface area (Å²) in [6.45, 7) is 3.82. The van der Waals surface area contributed by atoms with Gasteiger partial charge in [-0.3, -0.25) is 4.79 Å². The van der Waals surface area contributed by atoms with Crippen LogP contribution in [-0.4, -0.2) is 21.2 Å². The maximum atomic E-state index is 12.0. The van der Waals surface area contributed by atoms with Crippen LogP contribution in [0.5, 0.6) is 0 Å². The van der Waals surface area contributed by atoms with Gasteiger partial charge in [0.1, 0.15) is 5.76 Å². The highest BCUT2D eigenvalue weighted by Gasteiger charge is 2.14. The molecular formula is C14H14N4O3S. The van der Waals surface area contributed by atoms with Crippen molar-refractivity contribution in [3.8, 4) is 10.8 Å². The molecule has 0 unspecified atom stereocenters. The van der Waals surface area contributed by atoms with Gasteiger partial charge in [0.15, 0.2) is 5.82 Å². The van der Waals surface area contributed by atoms with E-state index in [4.69, 9.17) is 9.05 Å². The molecule has 0 atom stereocenters. The van der Waals surface area contributed by atoms with Crippen LogP contribution in [0, 0.1) is 13.8 Å². The Morgan fingerprint density at radius 2 is 2.18 bits per heavy atom. The smallest absolute Gasteiger partial charge is 0.268 e. The number of carbonyl (C=O) groups excluding carboxylic acids is 1. The fourth-order valence-electron chi connectivity index (χ4n) is 1.98. The molecule has 0 radical (unpaired) electrons. The molecule has 0 saturated carbocycles. The minimum absolute atomic E-state index is 0.142. The Balaban J connectivity index is 1.57. The Morgan fingerprint density at radius 1 is 1.32 bits per heavy atom. The predicted molar refractivity (Wildman–Crippen MR) is 79.1 cm³/mol. The highest BCUT2D eigenvalue weighted by atomic mass is 32.1. The lowest BCUT2D eigenvalue weighted by Crippen LogP contribution is -2.25. The third-order valence-electron chi connectivity index (χ3n) is 3.16. The maximum absolute atomic E-state index is 12.0.